The summed E-state index contributed by atoms with van der Waals surface area (Å²) in [4.78, 5) is 16.8. The smallest absolute Gasteiger partial charge is 0.222 e. The standard InChI is InChI=1S/C20H31N7O/c1-4-19(28)26-9-7-6-8-17(26)20-22-21-18-14-24(10-11-27(18)20)12-16-13-25(5-2)23-15(16)3/h13,17H,4-12,14H2,1-3H3. The van der Waals surface area contributed by atoms with E-state index in [1.807, 2.05) is 16.5 Å². The average molecular weight is 386 g/mol. The number of aromatic nitrogens is 5. The van der Waals surface area contributed by atoms with Crippen LogP contribution >= 0.6 is 0 Å². The molecule has 1 saturated heterocycles. The normalized spacial score (nSPS) is 20.4. The van der Waals surface area contributed by atoms with E-state index in [0.717, 1.165) is 75.9 Å². The molecule has 2 aromatic heterocycles. The minimum Gasteiger partial charge on any atom is -0.332 e. The van der Waals surface area contributed by atoms with Crippen molar-refractivity contribution in [1.29, 1.82) is 0 Å². The number of fused-ring (bicyclic) bond motifs is 1. The minimum atomic E-state index is 0.0824. The molecule has 0 aromatic carbocycles. The molecule has 8 nitrogen and oxygen atoms in total. The summed E-state index contributed by atoms with van der Waals surface area (Å²) in [5.74, 6) is 2.21. The molecule has 1 amide bonds. The highest BCUT2D eigenvalue weighted by atomic mass is 16.2. The lowest BCUT2D eigenvalue weighted by Gasteiger charge is -2.36. The maximum absolute atomic E-state index is 12.4. The van der Waals surface area contributed by atoms with Gasteiger partial charge in [0.1, 0.15) is 5.82 Å². The van der Waals surface area contributed by atoms with Crippen LogP contribution in [0.5, 0.6) is 0 Å². The fourth-order valence-corrected chi connectivity index (χ4v) is 4.43. The van der Waals surface area contributed by atoms with E-state index in [1.54, 1.807) is 0 Å². The maximum atomic E-state index is 12.4. The van der Waals surface area contributed by atoms with E-state index in [4.69, 9.17) is 0 Å². The van der Waals surface area contributed by atoms with Gasteiger partial charge < -0.3 is 9.47 Å². The Kier molecular flexibility index (Phi) is 5.48. The number of hydrogen-bond acceptors (Lipinski definition) is 5. The highest BCUT2D eigenvalue weighted by Gasteiger charge is 2.33. The first kappa shape index (κ1) is 19.1. The van der Waals surface area contributed by atoms with E-state index in [1.165, 1.54) is 5.56 Å². The molecule has 0 N–H and O–H groups in total. The average Bonchev–Trinajstić information content (AvgIpc) is 3.30. The van der Waals surface area contributed by atoms with Gasteiger partial charge in [-0.3, -0.25) is 14.4 Å². The monoisotopic (exact) mass is 385 g/mol. The van der Waals surface area contributed by atoms with E-state index in [9.17, 15) is 4.79 Å². The van der Waals surface area contributed by atoms with Crippen molar-refractivity contribution in [3.05, 3.63) is 29.1 Å². The van der Waals surface area contributed by atoms with Crippen molar-refractivity contribution in [2.45, 2.75) is 78.7 Å². The lowest BCUT2D eigenvalue weighted by Crippen LogP contribution is -2.40. The molecule has 0 radical (unpaired) electrons. The lowest BCUT2D eigenvalue weighted by molar-refractivity contribution is -0.135. The third-order valence-electron chi connectivity index (χ3n) is 6.05. The van der Waals surface area contributed by atoms with Crippen molar-refractivity contribution in [3.8, 4) is 0 Å². The fourth-order valence-electron chi connectivity index (χ4n) is 4.43. The second kappa shape index (κ2) is 8.03. The van der Waals surface area contributed by atoms with Crippen LogP contribution in [-0.4, -0.2) is 53.3 Å². The first-order chi connectivity index (χ1) is 13.6. The van der Waals surface area contributed by atoms with Gasteiger partial charge in [-0.15, -0.1) is 10.2 Å². The van der Waals surface area contributed by atoms with E-state index in [0.29, 0.717) is 6.42 Å². The van der Waals surface area contributed by atoms with Crippen molar-refractivity contribution in [1.82, 2.24) is 34.3 Å². The number of carbonyl (C=O) groups is 1. The van der Waals surface area contributed by atoms with Crippen LogP contribution in [0.2, 0.25) is 0 Å². The molecule has 0 bridgehead atoms. The van der Waals surface area contributed by atoms with Crippen molar-refractivity contribution in [2.24, 2.45) is 0 Å². The van der Waals surface area contributed by atoms with Crippen LogP contribution < -0.4 is 0 Å². The Balaban J connectivity index is 1.50. The Labute approximate surface area is 166 Å². The molecule has 4 rings (SSSR count). The van der Waals surface area contributed by atoms with Crippen LogP contribution in [0.4, 0.5) is 0 Å². The molecule has 1 fully saturated rings. The second-order valence-corrected chi connectivity index (χ2v) is 7.88. The number of amides is 1. The van der Waals surface area contributed by atoms with Gasteiger partial charge in [-0.25, -0.2) is 0 Å². The molecule has 2 aromatic rings. The van der Waals surface area contributed by atoms with Crippen LogP contribution in [0, 0.1) is 6.92 Å². The van der Waals surface area contributed by atoms with Gasteiger partial charge in [0.2, 0.25) is 5.91 Å². The van der Waals surface area contributed by atoms with Crippen LogP contribution in [-0.2, 0) is 31.0 Å². The van der Waals surface area contributed by atoms with Gasteiger partial charge in [-0.1, -0.05) is 6.92 Å². The predicted molar refractivity (Wildman–Crippen MR) is 105 cm³/mol. The molecule has 4 heterocycles. The van der Waals surface area contributed by atoms with Gasteiger partial charge in [-0.2, -0.15) is 5.10 Å². The van der Waals surface area contributed by atoms with Gasteiger partial charge in [0.05, 0.1) is 18.3 Å². The molecule has 28 heavy (non-hydrogen) atoms. The number of aryl methyl sites for hydroxylation is 2. The molecule has 1 atom stereocenters. The molecule has 2 aliphatic rings. The summed E-state index contributed by atoms with van der Waals surface area (Å²) in [5.41, 5.74) is 2.38. The summed E-state index contributed by atoms with van der Waals surface area (Å²) in [7, 11) is 0. The highest BCUT2D eigenvalue weighted by Crippen LogP contribution is 2.31. The van der Waals surface area contributed by atoms with Crippen LogP contribution in [0.3, 0.4) is 0 Å². The number of likely N-dealkylation sites (tertiary alicyclic amines) is 1. The highest BCUT2D eigenvalue weighted by molar-refractivity contribution is 5.76. The van der Waals surface area contributed by atoms with Gasteiger partial charge in [0, 0.05) is 50.9 Å². The lowest BCUT2D eigenvalue weighted by atomic mass is 10.0. The van der Waals surface area contributed by atoms with E-state index < -0.39 is 0 Å². The molecule has 0 spiro atoms. The Bertz CT molecular complexity index is 840. The Hall–Kier alpha value is -2.22. The van der Waals surface area contributed by atoms with Crippen molar-refractivity contribution in [3.63, 3.8) is 0 Å². The molecule has 152 valence electrons. The third kappa shape index (κ3) is 3.57. The SMILES string of the molecule is CCC(=O)N1CCCCC1c1nnc2n1CCN(Cc1cn(CC)nc1C)C2. The van der Waals surface area contributed by atoms with Crippen LogP contribution in [0.25, 0.3) is 0 Å². The number of hydrogen-bond donors (Lipinski definition) is 0. The summed E-state index contributed by atoms with van der Waals surface area (Å²) >= 11 is 0. The second-order valence-electron chi connectivity index (χ2n) is 7.88. The van der Waals surface area contributed by atoms with Gasteiger partial charge in [0.15, 0.2) is 5.82 Å². The number of nitrogens with zero attached hydrogens (tertiary/aromatic N) is 7. The van der Waals surface area contributed by atoms with Crippen LogP contribution in [0.1, 0.15) is 68.5 Å². The fraction of sp³-hybridized carbons (Fsp3) is 0.700. The zero-order valence-electron chi connectivity index (χ0n) is 17.3. The summed E-state index contributed by atoms with van der Waals surface area (Å²) in [6.45, 7) is 11.4. The number of carbonyl (C=O) groups excluding carboxylic acids is 1. The molecule has 0 aliphatic carbocycles. The predicted octanol–water partition coefficient (Wildman–Crippen LogP) is 2.28. The zero-order valence-corrected chi connectivity index (χ0v) is 17.3. The number of piperidine rings is 1. The minimum absolute atomic E-state index is 0.0824. The maximum Gasteiger partial charge on any atom is 0.222 e. The number of rotatable bonds is 5. The Morgan fingerprint density at radius 1 is 1.18 bits per heavy atom. The van der Waals surface area contributed by atoms with E-state index in [2.05, 4.69) is 44.8 Å². The third-order valence-corrected chi connectivity index (χ3v) is 6.05. The summed E-state index contributed by atoms with van der Waals surface area (Å²) < 4.78 is 4.25. The van der Waals surface area contributed by atoms with E-state index in [-0.39, 0.29) is 11.9 Å². The molecular formula is C20H31N7O. The summed E-state index contributed by atoms with van der Waals surface area (Å²) in [5, 5.41) is 13.6. The topological polar surface area (TPSA) is 72.1 Å². The van der Waals surface area contributed by atoms with E-state index >= 15 is 0 Å². The van der Waals surface area contributed by atoms with Crippen molar-refractivity contribution in [2.75, 3.05) is 13.1 Å². The van der Waals surface area contributed by atoms with Crippen molar-refractivity contribution >= 4 is 5.91 Å². The Morgan fingerprint density at radius 2 is 2.04 bits per heavy atom. The van der Waals surface area contributed by atoms with Gasteiger partial charge >= 0.3 is 0 Å². The van der Waals surface area contributed by atoms with Gasteiger partial charge in [0.25, 0.3) is 0 Å². The van der Waals surface area contributed by atoms with Crippen LogP contribution in [0.15, 0.2) is 6.20 Å². The molecule has 1 unspecified atom stereocenters. The molecule has 8 heteroatoms. The largest absolute Gasteiger partial charge is 0.332 e. The summed E-state index contributed by atoms with van der Waals surface area (Å²) in [6.07, 6.45) is 5.92. The molecule has 0 saturated carbocycles. The van der Waals surface area contributed by atoms with Crippen molar-refractivity contribution < 1.29 is 4.79 Å². The first-order valence-corrected chi connectivity index (χ1v) is 10.6. The quantitative estimate of drug-likeness (QED) is 0.790. The first-order valence-electron chi connectivity index (χ1n) is 10.6. The van der Waals surface area contributed by atoms with Gasteiger partial charge in [-0.05, 0) is 33.1 Å². The molecule has 2 aliphatic heterocycles. The Morgan fingerprint density at radius 3 is 2.79 bits per heavy atom. The zero-order chi connectivity index (χ0) is 19.7. The molecular weight excluding hydrogens is 354 g/mol. The summed E-state index contributed by atoms with van der Waals surface area (Å²) in [6, 6.07) is 0.0824.